The van der Waals surface area contributed by atoms with Gasteiger partial charge in [0.05, 0.1) is 6.10 Å². The first kappa shape index (κ1) is 13.4. The monoisotopic (exact) mass is 248 g/mol. The Bertz CT molecular complexity index is 390. The molecule has 0 radical (unpaired) electrons. The molecule has 0 saturated heterocycles. The van der Waals surface area contributed by atoms with Crippen molar-refractivity contribution in [2.45, 2.75) is 38.8 Å². The number of hydrogen-bond donors (Lipinski definition) is 2. The molecule has 3 nitrogen and oxygen atoms in total. The second kappa shape index (κ2) is 6.21. The van der Waals surface area contributed by atoms with E-state index in [0.29, 0.717) is 0 Å². The first-order chi connectivity index (χ1) is 8.66. The van der Waals surface area contributed by atoms with Gasteiger partial charge in [0, 0.05) is 25.8 Å². The number of rotatable bonds is 6. The minimum atomic E-state index is -0.178. The molecule has 1 unspecified atom stereocenters. The fourth-order valence-corrected chi connectivity index (χ4v) is 2.49. The summed E-state index contributed by atoms with van der Waals surface area (Å²) in [5.74, 6) is 0. The molecule has 3 heteroatoms. The standard InChI is InChI=1S/C15H24N2O/c1-12(18)4-3-8-16-11-13-5-6-15-14(10-13)7-9-17(15)2/h5-6,10,12,16,18H,3-4,7-9,11H2,1-2H3. The maximum atomic E-state index is 9.17. The molecule has 1 aromatic rings. The average molecular weight is 248 g/mol. The highest BCUT2D eigenvalue weighted by molar-refractivity contribution is 5.58. The molecule has 0 saturated carbocycles. The van der Waals surface area contributed by atoms with Crippen molar-refractivity contribution in [2.75, 3.05) is 25.0 Å². The van der Waals surface area contributed by atoms with Crippen LogP contribution in [0.4, 0.5) is 5.69 Å². The van der Waals surface area contributed by atoms with Gasteiger partial charge in [0.15, 0.2) is 0 Å². The van der Waals surface area contributed by atoms with Crippen LogP contribution in [-0.4, -0.2) is 31.3 Å². The zero-order valence-corrected chi connectivity index (χ0v) is 11.4. The van der Waals surface area contributed by atoms with Crippen molar-refractivity contribution >= 4 is 5.69 Å². The van der Waals surface area contributed by atoms with Crippen molar-refractivity contribution in [1.29, 1.82) is 0 Å². The van der Waals surface area contributed by atoms with E-state index in [1.165, 1.54) is 23.2 Å². The number of anilines is 1. The molecule has 0 aromatic heterocycles. The Morgan fingerprint density at radius 3 is 3.06 bits per heavy atom. The van der Waals surface area contributed by atoms with Gasteiger partial charge in [0.25, 0.3) is 0 Å². The van der Waals surface area contributed by atoms with Crippen LogP contribution in [0.25, 0.3) is 0 Å². The highest BCUT2D eigenvalue weighted by Gasteiger charge is 2.15. The van der Waals surface area contributed by atoms with E-state index >= 15 is 0 Å². The number of benzene rings is 1. The second-order valence-corrected chi connectivity index (χ2v) is 5.30. The molecule has 2 N–H and O–H groups in total. The van der Waals surface area contributed by atoms with E-state index in [9.17, 15) is 0 Å². The predicted molar refractivity (Wildman–Crippen MR) is 76.0 cm³/mol. The van der Waals surface area contributed by atoms with E-state index in [2.05, 4.69) is 35.5 Å². The van der Waals surface area contributed by atoms with Crippen LogP contribution in [0, 0.1) is 0 Å². The van der Waals surface area contributed by atoms with Gasteiger partial charge in [-0.25, -0.2) is 0 Å². The number of hydrogen-bond acceptors (Lipinski definition) is 3. The van der Waals surface area contributed by atoms with E-state index in [0.717, 1.165) is 32.5 Å². The number of likely N-dealkylation sites (N-methyl/N-ethyl adjacent to an activating group) is 1. The third-order valence-electron chi connectivity index (χ3n) is 3.58. The molecule has 18 heavy (non-hydrogen) atoms. The van der Waals surface area contributed by atoms with Gasteiger partial charge in [0.1, 0.15) is 0 Å². The van der Waals surface area contributed by atoms with Gasteiger partial charge in [-0.05, 0) is 49.9 Å². The van der Waals surface area contributed by atoms with Crippen LogP contribution in [0.3, 0.4) is 0 Å². The minimum absolute atomic E-state index is 0.178. The van der Waals surface area contributed by atoms with Gasteiger partial charge in [-0.15, -0.1) is 0 Å². The lowest BCUT2D eigenvalue weighted by Gasteiger charge is -2.12. The number of aliphatic hydroxyl groups is 1. The number of aliphatic hydroxyl groups excluding tert-OH is 1. The Kier molecular flexibility index (Phi) is 4.61. The normalized spacial score (nSPS) is 15.8. The zero-order chi connectivity index (χ0) is 13.0. The first-order valence-electron chi connectivity index (χ1n) is 6.88. The summed E-state index contributed by atoms with van der Waals surface area (Å²) in [5.41, 5.74) is 4.22. The maximum Gasteiger partial charge on any atom is 0.0512 e. The molecule has 2 rings (SSSR count). The topological polar surface area (TPSA) is 35.5 Å². The van der Waals surface area contributed by atoms with E-state index < -0.39 is 0 Å². The number of nitrogens with one attached hydrogen (secondary N) is 1. The first-order valence-corrected chi connectivity index (χ1v) is 6.88. The third-order valence-corrected chi connectivity index (χ3v) is 3.58. The zero-order valence-electron chi connectivity index (χ0n) is 11.4. The Morgan fingerprint density at radius 1 is 1.44 bits per heavy atom. The molecule has 0 bridgehead atoms. The van der Waals surface area contributed by atoms with Crippen LogP contribution in [0.5, 0.6) is 0 Å². The SMILES string of the molecule is CC(O)CCCNCc1ccc2c(c1)CCN2C. The lowest BCUT2D eigenvalue weighted by Crippen LogP contribution is -2.16. The molecule has 0 spiro atoms. The quantitative estimate of drug-likeness (QED) is 0.755. The summed E-state index contributed by atoms with van der Waals surface area (Å²) in [7, 11) is 2.15. The summed E-state index contributed by atoms with van der Waals surface area (Å²) in [6.07, 6.45) is 2.90. The van der Waals surface area contributed by atoms with Gasteiger partial charge >= 0.3 is 0 Å². The fourth-order valence-electron chi connectivity index (χ4n) is 2.49. The largest absolute Gasteiger partial charge is 0.393 e. The van der Waals surface area contributed by atoms with Crippen LogP contribution < -0.4 is 10.2 Å². The van der Waals surface area contributed by atoms with Crippen LogP contribution >= 0.6 is 0 Å². The van der Waals surface area contributed by atoms with Crippen molar-refractivity contribution in [3.05, 3.63) is 29.3 Å². The van der Waals surface area contributed by atoms with Gasteiger partial charge in [-0.1, -0.05) is 12.1 Å². The van der Waals surface area contributed by atoms with Crippen LogP contribution in [-0.2, 0) is 13.0 Å². The lowest BCUT2D eigenvalue weighted by molar-refractivity contribution is 0.181. The minimum Gasteiger partial charge on any atom is -0.393 e. The fraction of sp³-hybridized carbons (Fsp3) is 0.600. The van der Waals surface area contributed by atoms with Crippen LogP contribution in [0.1, 0.15) is 30.9 Å². The summed E-state index contributed by atoms with van der Waals surface area (Å²) < 4.78 is 0. The van der Waals surface area contributed by atoms with Gasteiger partial charge < -0.3 is 15.3 Å². The highest BCUT2D eigenvalue weighted by atomic mass is 16.3. The second-order valence-electron chi connectivity index (χ2n) is 5.30. The Labute approximate surface area is 110 Å². The van der Waals surface area contributed by atoms with Gasteiger partial charge in [-0.2, -0.15) is 0 Å². The van der Waals surface area contributed by atoms with E-state index in [4.69, 9.17) is 5.11 Å². The van der Waals surface area contributed by atoms with E-state index in [-0.39, 0.29) is 6.10 Å². The van der Waals surface area contributed by atoms with Crippen LogP contribution in [0.2, 0.25) is 0 Å². The molecular formula is C15H24N2O. The Balaban J connectivity index is 1.77. The summed E-state index contributed by atoms with van der Waals surface area (Å²) in [6, 6.07) is 6.76. The number of fused-ring (bicyclic) bond motifs is 1. The molecule has 1 aliphatic heterocycles. The molecule has 0 aliphatic carbocycles. The molecule has 1 aliphatic rings. The van der Waals surface area contributed by atoms with Crippen molar-refractivity contribution in [3.63, 3.8) is 0 Å². The van der Waals surface area contributed by atoms with Crippen molar-refractivity contribution in [3.8, 4) is 0 Å². The predicted octanol–water partition coefficient (Wildman–Crippen LogP) is 1.93. The average Bonchev–Trinajstić information content (AvgIpc) is 2.70. The molecule has 0 fully saturated rings. The van der Waals surface area contributed by atoms with Crippen molar-refractivity contribution in [1.82, 2.24) is 5.32 Å². The van der Waals surface area contributed by atoms with E-state index in [1.54, 1.807) is 0 Å². The summed E-state index contributed by atoms with van der Waals surface area (Å²) in [4.78, 5) is 2.31. The third kappa shape index (κ3) is 3.47. The summed E-state index contributed by atoms with van der Waals surface area (Å²) in [5, 5.41) is 12.6. The molecule has 100 valence electrons. The van der Waals surface area contributed by atoms with Crippen molar-refractivity contribution in [2.24, 2.45) is 0 Å². The Hall–Kier alpha value is -1.06. The molecule has 1 heterocycles. The summed E-state index contributed by atoms with van der Waals surface area (Å²) in [6.45, 7) is 4.89. The molecule has 1 atom stereocenters. The smallest absolute Gasteiger partial charge is 0.0512 e. The van der Waals surface area contributed by atoms with Crippen molar-refractivity contribution < 1.29 is 5.11 Å². The van der Waals surface area contributed by atoms with Gasteiger partial charge in [0.2, 0.25) is 0 Å². The Morgan fingerprint density at radius 2 is 2.28 bits per heavy atom. The maximum absolute atomic E-state index is 9.17. The summed E-state index contributed by atoms with van der Waals surface area (Å²) >= 11 is 0. The van der Waals surface area contributed by atoms with E-state index in [1.807, 2.05) is 6.92 Å². The molecule has 0 amide bonds. The lowest BCUT2D eigenvalue weighted by atomic mass is 10.1. The highest BCUT2D eigenvalue weighted by Crippen LogP contribution is 2.27. The molecular weight excluding hydrogens is 224 g/mol. The van der Waals surface area contributed by atoms with Crippen LogP contribution in [0.15, 0.2) is 18.2 Å². The number of nitrogens with zero attached hydrogens (tertiary/aromatic N) is 1. The van der Waals surface area contributed by atoms with Gasteiger partial charge in [-0.3, -0.25) is 0 Å². The molecule has 1 aromatic carbocycles.